The summed E-state index contributed by atoms with van der Waals surface area (Å²) < 4.78 is 13.5. The van der Waals surface area contributed by atoms with Crippen molar-refractivity contribution in [3.05, 3.63) is 29.6 Å². The molecule has 1 aliphatic heterocycles. The van der Waals surface area contributed by atoms with Crippen LogP contribution in [0, 0.1) is 5.82 Å². The summed E-state index contributed by atoms with van der Waals surface area (Å²) in [5.41, 5.74) is 5.83. The van der Waals surface area contributed by atoms with Gasteiger partial charge in [0.15, 0.2) is 0 Å². The molecule has 3 nitrogen and oxygen atoms in total. The zero-order chi connectivity index (χ0) is 12.3. The van der Waals surface area contributed by atoms with Crippen LogP contribution in [0.2, 0.25) is 0 Å². The highest BCUT2D eigenvalue weighted by atomic mass is 32.2. The van der Waals surface area contributed by atoms with Crippen LogP contribution in [0.25, 0.3) is 0 Å². The van der Waals surface area contributed by atoms with E-state index < -0.39 is 5.82 Å². The van der Waals surface area contributed by atoms with Crippen molar-refractivity contribution in [2.75, 3.05) is 17.2 Å². The minimum absolute atomic E-state index is 0.0671. The van der Waals surface area contributed by atoms with Gasteiger partial charge in [-0.25, -0.2) is 4.39 Å². The Bertz CT molecular complexity index is 419. The quantitative estimate of drug-likeness (QED) is 0.794. The van der Waals surface area contributed by atoms with E-state index >= 15 is 0 Å². The van der Waals surface area contributed by atoms with E-state index in [0.717, 1.165) is 24.3 Å². The van der Waals surface area contributed by atoms with Gasteiger partial charge in [0, 0.05) is 11.7 Å². The zero-order valence-corrected chi connectivity index (χ0v) is 10.2. The molecule has 17 heavy (non-hydrogen) atoms. The van der Waals surface area contributed by atoms with Gasteiger partial charge in [-0.15, -0.1) is 0 Å². The molecule has 1 aromatic carbocycles. The van der Waals surface area contributed by atoms with Crippen LogP contribution < -0.4 is 11.1 Å². The van der Waals surface area contributed by atoms with E-state index in [0.29, 0.717) is 5.69 Å². The van der Waals surface area contributed by atoms with Gasteiger partial charge >= 0.3 is 0 Å². The molecule has 2 rings (SSSR count). The summed E-state index contributed by atoms with van der Waals surface area (Å²) in [5, 5.41) is 2.86. The largest absolute Gasteiger partial charge is 0.399 e. The molecule has 0 bridgehead atoms. The summed E-state index contributed by atoms with van der Waals surface area (Å²) in [6.07, 6.45) is 1.90. The Morgan fingerprint density at radius 1 is 1.41 bits per heavy atom. The molecule has 92 valence electrons. The van der Waals surface area contributed by atoms with E-state index in [1.54, 1.807) is 0 Å². The van der Waals surface area contributed by atoms with Gasteiger partial charge in [-0.1, -0.05) is 0 Å². The summed E-state index contributed by atoms with van der Waals surface area (Å²) in [6.45, 7) is 0. The summed E-state index contributed by atoms with van der Waals surface area (Å²) in [7, 11) is 0. The number of thioether (sulfide) groups is 1. The fourth-order valence-electron chi connectivity index (χ4n) is 1.82. The number of nitrogens with two attached hydrogens (primary N) is 1. The molecule has 0 saturated carbocycles. The topological polar surface area (TPSA) is 55.1 Å². The molecule has 0 radical (unpaired) electrons. The Hall–Kier alpha value is -1.23. The minimum atomic E-state index is -0.562. The summed E-state index contributed by atoms with van der Waals surface area (Å²) in [6, 6.07) is 4.30. The lowest BCUT2D eigenvalue weighted by Crippen LogP contribution is -2.37. The van der Waals surface area contributed by atoms with Crippen molar-refractivity contribution in [2.45, 2.75) is 18.9 Å². The normalized spacial score (nSPS) is 16.8. The maximum Gasteiger partial charge on any atom is 0.254 e. The van der Waals surface area contributed by atoms with Crippen LogP contribution >= 0.6 is 11.8 Å². The predicted octanol–water partition coefficient (Wildman–Crippen LogP) is 2.03. The van der Waals surface area contributed by atoms with Crippen molar-refractivity contribution in [1.29, 1.82) is 0 Å². The molecule has 0 aliphatic carbocycles. The van der Waals surface area contributed by atoms with Gasteiger partial charge in [0.1, 0.15) is 5.82 Å². The second-order valence-electron chi connectivity index (χ2n) is 4.10. The van der Waals surface area contributed by atoms with E-state index in [1.165, 1.54) is 18.2 Å². The van der Waals surface area contributed by atoms with Crippen LogP contribution in [0.4, 0.5) is 10.1 Å². The molecular weight excluding hydrogens is 239 g/mol. The molecule has 1 aliphatic rings. The molecule has 0 unspecified atom stereocenters. The molecular formula is C12H15FN2OS. The molecule has 0 atom stereocenters. The van der Waals surface area contributed by atoms with Crippen molar-refractivity contribution in [2.24, 2.45) is 0 Å². The summed E-state index contributed by atoms with van der Waals surface area (Å²) in [4.78, 5) is 11.8. The lowest BCUT2D eigenvalue weighted by molar-refractivity contribution is 0.0931. The van der Waals surface area contributed by atoms with Gasteiger partial charge in [-0.2, -0.15) is 11.8 Å². The van der Waals surface area contributed by atoms with E-state index in [2.05, 4.69) is 5.32 Å². The zero-order valence-electron chi connectivity index (χ0n) is 9.41. The van der Waals surface area contributed by atoms with Gasteiger partial charge in [-0.3, -0.25) is 4.79 Å². The first kappa shape index (κ1) is 12.2. The third kappa shape index (κ3) is 3.12. The maximum absolute atomic E-state index is 13.5. The fraction of sp³-hybridized carbons (Fsp3) is 0.417. The molecule has 0 spiro atoms. The van der Waals surface area contributed by atoms with E-state index in [-0.39, 0.29) is 17.5 Å². The van der Waals surface area contributed by atoms with E-state index in [4.69, 9.17) is 5.73 Å². The number of nitrogen functional groups attached to an aromatic ring is 1. The molecule has 5 heteroatoms. The molecule has 1 saturated heterocycles. The van der Waals surface area contributed by atoms with Crippen LogP contribution in [-0.2, 0) is 0 Å². The molecule has 1 aromatic rings. The second-order valence-corrected chi connectivity index (χ2v) is 5.32. The van der Waals surface area contributed by atoms with Gasteiger partial charge in [0.25, 0.3) is 5.91 Å². The van der Waals surface area contributed by atoms with Crippen molar-refractivity contribution >= 4 is 23.4 Å². The average Bonchev–Trinajstić information content (AvgIpc) is 2.30. The van der Waals surface area contributed by atoms with Crippen molar-refractivity contribution in [3.63, 3.8) is 0 Å². The highest BCUT2D eigenvalue weighted by Gasteiger charge is 2.18. The number of rotatable bonds is 2. The Morgan fingerprint density at radius 3 is 2.76 bits per heavy atom. The minimum Gasteiger partial charge on any atom is -0.399 e. The van der Waals surface area contributed by atoms with Gasteiger partial charge in [0.2, 0.25) is 0 Å². The number of hydrogen-bond donors (Lipinski definition) is 2. The van der Waals surface area contributed by atoms with E-state index in [9.17, 15) is 9.18 Å². The monoisotopic (exact) mass is 254 g/mol. The van der Waals surface area contributed by atoms with E-state index in [1.807, 2.05) is 11.8 Å². The van der Waals surface area contributed by atoms with Crippen LogP contribution in [-0.4, -0.2) is 23.5 Å². The number of nitrogens with one attached hydrogen (secondary N) is 1. The van der Waals surface area contributed by atoms with Gasteiger partial charge in [0.05, 0.1) is 5.56 Å². The van der Waals surface area contributed by atoms with Crippen LogP contribution in [0.15, 0.2) is 18.2 Å². The number of benzene rings is 1. The first-order valence-corrected chi connectivity index (χ1v) is 6.76. The Morgan fingerprint density at radius 2 is 2.12 bits per heavy atom. The third-order valence-electron chi connectivity index (χ3n) is 2.79. The van der Waals surface area contributed by atoms with Crippen LogP contribution in [0.5, 0.6) is 0 Å². The first-order valence-electron chi connectivity index (χ1n) is 5.60. The van der Waals surface area contributed by atoms with Crippen molar-refractivity contribution in [1.82, 2.24) is 5.32 Å². The summed E-state index contributed by atoms with van der Waals surface area (Å²) in [5.74, 6) is 1.19. The van der Waals surface area contributed by atoms with Crippen molar-refractivity contribution < 1.29 is 9.18 Å². The van der Waals surface area contributed by atoms with Gasteiger partial charge < -0.3 is 11.1 Å². The van der Waals surface area contributed by atoms with Crippen LogP contribution in [0.1, 0.15) is 23.2 Å². The lowest BCUT2D eigenvalue weighted by atomic mass is 10.1. The Balaban J connectivity index is 2.03. The predicted molar refractivity (Wildman–Crippen MR) is 68.6 cm³/mol. The molecule has 1 heterocycles. The molecule has 1 fully saturated rings. The number of carbonyl (C=O) groups excluding carboxylic acids is 1. The number of amides is 1. The SMILES string of the molecule is Nc1ccc(C(=O)NC2CCSCC2)c(F)c1. The number of carbonyl (C=O) groups is 1. The highest BCUT2D eigenvalue weighted by Crippen LogP contribution is 2.18. The molecule has 1 amide bonds. The second kappa shape index (κ2) is 5.40. The van der Waals surface area contributed by atoms with Crippen molar-refractivity contribution in [3.8, 4) is 0 Å². The third-order valence-corrected chi connectivity index (χ3v) is 3.84. The standard InChI is InChI=1S/C12H15FN2OS/c13-11-7-8(14)1-2-10(11)12(16)15-9-3-5-17-6-4-9/h1-2,7,9H,3-6,14H2,(H,15,16). The summed E-state index contributed by atoms with van der Waals surface area (Å²) >= 11 is 1.88. The first-order chi connectivity index (χ1) is 8.16. The maximum atomic E-state index is 13.5. The average molecular weight is 254 g/mol. The number of halogens is 1. The molecule has 0 aromatic heterocycles. The lowest BCUT2D eigenvalue weighted by Gasteiger charge is -2.22. The van der Waals surface area contributed by atoms with Gasteiger partial charge in [-0.05, 0) is 42.5 Å². The van der Waals surface area contributed by atoms with Crippen LogP contribution in [0.3, 0.4) is 0 Å². The molecule has 3 N–H and O–H groups in total. The Labute approximate surface area is 104 Å². The Kier molecular flexibility index (Phi) is 3.89. The number of anilines is 1. The fourth-order valence-corrected chi connectivity index (χ4v) is 2.93. The highest BCUT2D eigenvalue weighted by molar-refractivity contribution is 7.99. The smallest absolute Gasteiger partial charge is 0.254 e. The number of hydrogen-bond acceptors (Lipinski definition) is 3.